The number of anilines is 2. The second-order valence-corrected chi connectivity index (χ2v) is 6.52. The molecule has 2 atom stereocenters. The number of cyclic esters (lactones) is 1. The minimum Gasteiger partial charge on any atom is -0.469 e. The number of quaternary nitrogens is 1. The molecule has 3 heterocycles. The molecule has 4 rings (SSSR count). The first kappa shape index (κ1) is 17.9. The number of carbonyl (C=O) groups excluding carboxylic acids is 2. The standard InChI is InChI=1S/C18H15F2N5O3/c19-16-14(23-5-3-12(26)4-6-23)1-2-15(17(16)20)25-10-13(28-18(25)27)9-24-8-11(7-21)22-24/h1-3,5,8,13,24H,4,6,9-10H2. The van der Waals surface area contributed by atoms with Gasteiger partial charge in [-0.3, -0.25) is 9.69 Å². The van der Waals surface area contributed by atoms with Crippen molar-refractivity contribution in [3.63, 3.8) is 0 Å². The van der Waals surface area contributed by atoms with Crippen LogP contribution < -0.4 is 14.8 Å². The fraction of sp³-hybridized carbons (Fsp3) is 0.278. The van der Waals surface area contributed by atoms with Gasteiger partial charge in [-0.2, -0.15) is 5.26 Å². The molecule has 0 aliphatic carbocycles. The highest BCUT2D eigenvalue weighted by molar-refractivity contribution is 5.92. The molecule has 1 aromatic rings. The first-order valence-electron chi connectivity index (χ1n) is 8.59. The van der Waals surface area contributed by atoms with Gasteiger partial charge in [-0.15, -0.1) is 0 Å². The van der Waals surface area contributed by atoms with Gasteiger partial charge < -0.3 is 20.1 Å². The van der Waals surface area contributed by atoms with Crippen LogP contribution in [-0.2, 0) is 9.53 Å². The Kier molecular flexibility index (Phi) is 4.44. The Labute approximate surface area is 158 Å². The summed E-state index contributed by atoms with van der Waals surface area (Å²) < 4.78 is 34.5. The van der Waals surface area contributed by atoms with Crippen molar-refractivity contribution < 1.29 is 28.1 Å². The molecule has 0 aromatic heterocycles. The van der Waals surface area contributed by atoms with Gasteiger partial charge in [0, 0.05) is 24.9 Å². The molecule has 0 radical (unpaired) electrons. The average Bonchev–Trinajstić information content (AvgIpc) is 3.01. The third kappa shape index (κ3) is 3.16. The van der Waals surface area contributed by atoms with Gasteiger partial charge in [0.2, 0.25) is 0 Å². The molecule has 2 unspecified atom stereocenters. The molecule has 0 saturated carbocycles. The van der Waals surface area contributed by atoms with E-state index >= 15 is 0 Å². The van der Waals surface area contributed by atoms with Crippen LogP contribution in [0.3, 0.4) is 0 Å². The van der Waals surface area contributed by atoms with E-state index in [1.807, 2.05) is 6.07 Å². The summed E-state index contributed by atoms with van der Waals surface area (Å²) in [6, 6.07) is 4.57. The van der Waals surface area contributed by atoms with E-state index in [1.54, 1.807) is 6.20 Å². The maximum atomic E-state index is 14.7. The molecule has 3 aliphatic heterocycles. The fourth-order valence-corrected chi connectivity index (χ4v) is 3.25. The minimum absolute atomic E-state index is 0.00731. The zero-order valence-electron chi connectivity index (χ0n) is 14.6. The van der Waals surface area contributed by atoms with Gasteiger partial charge in [0.1, 0.15) is 6.54 Å². The number of hydrogen-bond donors (Lipinski definition) is 1. The lowest BCUT2D eigenvalue weighted by molar-refractivity contribution is -0.824. The molecule has 1 N–H and O–H groups in total. The number of carbonyl (C=O) groups is 2. The fourth-order valence-electron chi connectivity index (χ4n) is 3.25. The number of hydrogen-bond acceptors (Lipinski definition) is 5. The smallest absolute Gasteiger partial charge is 0.415 e. The SMILES string of the molecule is N#CC1=C[NH+](CC2CN(c3ccc(N4C=CC(=O)CC4)c(F)c3F)C(=O)O2)[N-]1. The Hall–Kier alpha value is -3.45. The highest BCUT2D eigenvalue weighted by Gasteiger charge is 2.37. The lowest BCUT2D eigenvalue weighted by Gasteiger charge is -2.37. The summed E-state index contributed by atoms with van der Waals surface area (Å²) >= 11 is 0. The molecule has 8 nitrogen and oxygen atoms in total. The maximum Gasteiger partial charge on any atom is 0.415 e. The van der Waals surface area contributed by atoms with Crippen molar-refractivity contribution in [2.24, 2.45) is 0 Å². The van der Waals surface area contributed by atoms with Gasteiger partial charge in [0.25, 0.3) is 0 Å². The zero-order chi connectivity index (χ0) is 19.8. The normalized spacial score (nSPS) is 23.7. The number of nitriles is 1. The number of amides is 1. The van der Waals surface area contributed by atoms with Crippen LogP contribution >= 0.6 is 0 Å². The number of ketones is 1. The van der Waals surface area contributed by atoms with Gasteiger partial charge in [-0.05, 0) is 18.2 Å². The van der Waals surface area contributed by atoms with Crippen molar-refractivity contribution >= 4 is 23.3 Å². The zero-order valence-corrected chi connectivity index (χ0v) is 14.6. The van der Waals surface area contributed by atoms with Crippen LogP contribution in [0.5, 0.6) is 0 Å². The monoisotopic (exact) mass is 387 g/mol. The van der Waals surface area contributed by atoms with Crippen molar-refractivity contribution in [1.29, 1.82) is 5.26 Å². The van der Waals surface area contributed by atoms with E-state index < -0.39 is 23.8 Å². The lowest BCUT2D eigenvalue weighted by Crippen LogP contribution is -3.08. The Morgan fingerprint density at radius 2 is 2.00 bits per heavy atom. The van der Waals surface area contributed by atoms with E-state index in [1.165, 1.54) is 29.3 Å². The lowest BCUT2D eigenvalue weighted by atomic mass is 10.1. The van der Waals surface area contributed by atoms with Crippen LogP contribution in [0.2, 0.25) is 0 Å². The number of allylic oxidation sites excluding steroid dienone is 2. The number of benzene rings is 1. The summed E-state index contributed by atoms with van der Waals surface area (Å²) in [7, 11) is 0. The average molecular weight is 387 g/mol. The predicted molar refractivity (Wildman–Crippen MR) is 93.0 cm³/mol. The quantitative estimate of drug-likeness (QED) is 0.836. The second kappa shape index (κ2) is 6.94. The third-order valence-electron chi connectivity index (χ3n) is 4.67. The van der Waals surface area contributed by atoms with E-state index in [9.17, 15) is 18.4 Å². The first-order valence-corrected chi connectivity index (χ1v) is 8.59. The van der Waals surface area contributed by atoms with Crippen LogP contribution in [0.25, 0.3) is 5.43 Å². The van der Waals surface area contributed by atoms with Crippen molar-refractivity contribution in [3.05, 3.63) is 53.4 Å². The van der Waals surface area contributed by atoms with Crippen LogP contribution in [0, 0.1) is 23.0 Å². The second-order valence-electron chi connectivity index (χ2n) is 6.52. The van der Waals surface area contributed by atoms with Crippen molar-refractivity contribution in [2.75, 3.05) is 29.4 Å². The summed E-state index contributed by atoms with van der Waals surface area (Å²) in [6.45, 7) is 0.586. The van der Waals surface area contributed by atoms with Gasteiger partial charge in [0.05, 0.1) is 30.2 Å². The molecule has 3 aliphatic rings. The highest BCUT2D eigenvalue weighted by atomic mass is 19.2. The number of nitrogens with one attached hydrogen (secondary N) is 1. The molecular formula is C18H15F2N5O3. The molecular weight excluding hydrogens is 372 g/mol. The Bertz CT molecular complexity index is 955. The maximum absolute atomic E-state index is 14.7. The van der Waals surface area contributed by atoms with Gasteiger partial charge in [-0.1, -0.05) is 0 Å². The number of rotatable bonds is 4. The molecule has 144 valence electrons. The number of halogens is 2. The van der Waals surface area contributed by atoms with Crippen molar-refractivity contribution in [3.8, 4) is 6.07 Å². The Morgan fingerprint density at radius 1 is 1.29 bits per heavy atom. The number of nitrogens with zero attached hydrogens (tertiary/aromatic N) is 4. The molecule has 1 saturated heterocycles. The van der Waals surface area contributed by atoms with Gasteiger partial charge in [-0.25, -0.2) is 13.6 Å². The van der Waals surface area contributed by atoms with Crippen molar-refractivity contribution in [2.45, 2.75) is 12.5 Å². The number of ether oxygens (including phenoxy) is 1. The molecule has 1 aromatic carbocycles. The van der Waals surface area contributed by atoms with Crippen LogP contribution in [0.15, 0.2) is 36.3 Å². The molecule has 1 fully saturated rings. The first-order chi connectivity index (χ1) is 13.5. The molecule has 10 heteroatoms. The Morgan fingerprint density at radius 3 is 2.68 bits per heavy atom. The van der Waals surface area contributed by atoms with E-state index in [-0.39, 0.29) is 36.7 Å². The van der Waals surface area contributed by atoms with Crippen molar-refractivity contribution in [1.82, 2.24) is 0 Å². The summed E-state index contributed by atoms with van der Waals surface area (Å²) in [5, 5.41) is 9.28. The molecule has 28 heavy (non-hydrogen) atoms. The summed E-state index contributed by atoms with van der Waals surface area (Å²) in [5.74, 6) is -2.34. The third-order valence-corrected chi connectivity index (χ3v) is 4.67. The van der Waals surface area contributed by atoms with Gasteiger partial charge >= 0.3 is 6.09 Å². The topological polar surface area (TPSA) is 92.2 Å². The van der Waals surface area contributed by atoms with E-state index in [0.717, 1.165) is 4.90 Å². The molecule has 0 spiro atoms. The van der Waals surface area contributed by atoms with Gasteiger partial charge in [0.15, 0.2) is 23.5 Å². The minimum atomic E-state index is -1.16. The van der Waals surface area contributed by atoms with Crippen LogP contribution in [0.1, 0.15) is 6.42 Å². The molecule has 1 amide bonds. The molecule has 0 bridgehead atoms. The summed E-state index contributed by atoms with van der Waals surface area (Å²) in [6.07, 6.45) is 3.18. The van der Waals surface area contributed by atoms with E-state index in [4.69, 9.17) is 10.00 Å². The summed E-state index contributed by atoms with van der Waals surface area (Å²) in [4.78, 5) is 25.9. The Balaban J connectivity index is 1.50. The van der Waals surface area contributed by atoms with E-state index in [2.05, 4.69) is 5.43 Å². The highest BCUT2D eigenvalue weighted by Crippen LogP contribution is 2.32. The van der Waals surface area contributed by atoms with Crippen LogP contribution in [0.4, 0.5) is 25.0 Å². The summed E-state index contributed by atoms with van der Waals surface area (Å²) in [5.41, 5.74) is 4.04. The largest absolute Gasteiger partial charge is 0.469 e. The van der Waals surface area contributed by atoms with E-state index in [0.29, 0.717) is 17.3 Å². The van der Waals surface area contributed by atoms with Crippen LogP contribution in [-0.4, -0.2) is 37.6 Å². The predicted octanol–water partition coefficient (Wildman–Crippen LogP) is 1.14.